The first-order chi connectivity index (χ1) is 18.6. The minimum absolute atomic E-state index is 0.0999. The van der Waals surface area contributed by atoms with Crippen molar-refractivity contribution in [3.05, 3.63) is 72.2 Å². The van der Waals surface area contributed by atoms with Crippen molar-refractivity contribution in [2.24, 2.45) is 5.73 Å². The molecule has 0 radical (unpaired) electrons. The van der Waals surface area contributed by atoms with Gasteiger partial charge in [0.2, 0.25) is 5.13 Å². The fourth-order valence-corrected chi connectivity index (χ4v) is 4.36. The number of nitrogens with zero attached hydrogens (tertiary/aromatic N) is 5. The predicted molar refractivity (Wildman–Crippen MR) is 141 cm³/mol. The average Bonchev–Trinajstić information content (AvgIpc) is 3.55. The standard InChI is InChI=1S/C23H22N8S.C2HF3O2/c1-14-19-12-16(7-8-20(19)29-28-14)22-30-31-23(32-22)27-13-17(24)11-15-5-2-3-6-18(15)21-25-9-4-10-26-21;3-2(4,5)1(6)7/h2-10,12,17H,11,13,24H2,1H3,(H,27,31)(H,28,29);(H,6,7)/t17-;/m0./s1. The van der Waals surface area contributed by atoms with Crippen molar-refractivity contribution in [3.8, 4) is 22.0 Å². The Bertz CT molecular complexity index is 1560. The second-order valence-electron chi connectivity index (χ2n) is 8.37. The highest BCUT2D eigenvalue weighted by Crippen LogP contribution is 2.29. The number of carboxylic acids is 1. The number of fused-ring (bicyclic) bond motifs is 1. The van der Waals surface area contributed by atoms with Gasteiger partial charge in [0.15, 0.2) is 5.82 Å². The summed E-state index contributed by atoms with van der Waals surface area (Å²) in [6.45, 7) is 2.59. The number of H-pyrrole nitrogens is 1. The van der Waals surface area contributed by atoms with Gasteiger partial charge >= 0.3 is 12.1 Å². The summed E-state index contributed by atoms with van der Waals surface area (Å²) in [6, 6.07) is 15.9. The third kappa shape index (κ3) is 7.12. The van der Waals surface area contributed by atoms with E-state index < -0.39 is 12.1 Å². The third-order valence-corrected chi connectivity index (χ3v) is 6.41. The molecule has 0 bridgehead atoms. The lowest BCUT2D eigenvalue weighted by Gasteiger charge is -2.14. The Morgan fingerprint density at radius 1 is 1.13 bits per heavy atom. The van der Waals surface area contributed by atoms with Gasteiger partial charge in [0.1, 0.15) is 5.01 Å². The van der Waals surface area contributed by atoms with Crippen LogP contribution < -0.4 is 11.1 Å². The molecule has 1 atom stereocenters. The molecule has 0 spiro atoms. The summed E-state index contributed by atoms with van der Waals surface area (Å²) in [4.78, 5) is 17.6. The van der Waals surface area contributed by atoms with Gasteiger partial charge in [-0.05, 0) is 43.2 Å². The molecule has 202 valence electrons. The van der Waals surface area contributed by atoms with Crippen LogP contribution in [0.15, 0.2) is 60.9 Å². The van der Waals surface area contributed by atoms with Crippen molar-refractivity contribution >= 4 is 33.3 Å². The van der Waals surface area contributed by atoms with E-state index in [-0.39, 0.29) is 6.04 Å². The number of nitrogens with one attached hydrogen (secondary N) is 2. The molecular weight excluding hydrogens is 533 g/mol. The first kappa shape index (κ1) is 27.6. The van der Waals surface area contributed by atoms with Gasteiger partial charge in [0.25, 0.3) is 0 Å². The molecule has 0 fully saturated rings. The molecule has 0 saturated carbocycles. The van der Waals surface area contributed by atoms with Gasteiger partial charge in [-0.3, -0.25) is 5.10 Å². The largest absolute Gasteiger partial charge is 0.490 e. The molecule has 39 heavy (non-hydrogen) atoms. The second-order valence-corrected chi connectivity index (χ2v) is 9.35. The van der Waals surface area contributed by atoms with Crippen LogP contribution in [0.5, 0.6) is 0 Å². The summed E-state index contributed by atoms with van der Waals surface area (Å²) in [5, 5.41) is 29.1. The second kappa shape index (κ2) is 12.0. The van der Waals surface area contributed by atoms with Crippen LogP contribution in [-0.4, -0.2) is 60.2 Å². The van der Waals surface area contributed by atoms with Crippen molar-refractivity contribution in [1.82, 2.24) is 30.4 Å². The lowest BCUT2D eigenvalue weighted by Crippen LogP contribution is -2.31. The number of benzene rings is 2. The first-order valence-corrected chi connectivity index (χ1v) is 12.4. The van der Waals surface area contributed by atoms with E-state index in [0.717, 1.165) is 43.4 Å². The topological polar surface area (TPSA) is 156 Å². The van der Waals surface area contributed by atoms with Crippen molar-refractivity contribution in [1.29, 1.82) is 0 Å². The van der Waals surface area contributed by atoms with Gasteiger partial charge in [0.05, 0.1) is 5.52 Å². The Morgan fingerprint density at radius 2 is 1.85 bits per heavy atom. The number of aromatic nitrogens is 6. The minimum Gasteiger partial charge on any atom is -0.475 e. The molecule has 0 saturated heterocycles. The number of nitrogens with two attached hydrogens (primary N) is 1. The first-order valence-electron chi connectivity index (χ1n) is 11.5. The van der Waals surface area contributed by atoms with Crippen molar-refractivity contribution in [3.63, 3.8) is 0 Å². The van der Waals surface area contributed by atoms with Crippen LogP contribution in [0.2, 0.25) is 0 Å². The van der Waals surface area contributed by atoms with Gasteiger partial charge in [-0.1, -0.05) is 35.6 Å². The molecule has 3 aromatic heterocycles. The Kier molecular flexibility index (Phi) is 8.46. The zero-order valence-electron chi connectivity index (χ0n) is 20.5. The Hall–Kier alpha value is -4.43. The van der Waals surface area contributed by atoms with E-state index in [1.807, 2.05) is 43.3 Å². The maximum atomic E-state index is 10.6. The highest BCUT2D eigenvalue weighted by molar-refractivity contribution is 7.18. The number of aromatic amines is 1. The molecule has 5 rings (SSSR count). The zero-order chi connectivity index (χ0) is 28.0. The number of alkyl halides is 3. The summed E-state index contributed by atoms with van der Waals surface area (Å²) >= 11 is 1.51. The molecule has 10 nitrogen and oxygen atoms in total. The molecular formula is C25H23F3N8O2S. The summed E-state index contributed by atoms with van der Waals surface area (Å²) in [5.41, 5.74) is 11.6. The Balaban J connectivity index is 0.000000448. The third-order valence-electron chi connectivity index (χ3n) is 5.48. The molecule has 2 aromatic carbocycles. The normalized spacial score (nSPS) is 12.0. The Morgan fingerprint density at radius 3 is 2.56 bits per heavy atom. The number of hydrogen-bond acceptors (Lipinski definition) is 9. The molecule has 3 heterocycles. The van der Waals surface area contributed by atoms with Gasteiger partial charge in [-0.25, -0.2) is 14.8 Å². The van der Waals surface area contributed by atoms with Crippen LogP contribution in [0.4, 0.5) is 18.3 Å². The van der Waals surface area contributed by atoms with E-state index in [9.17, 15) is 13.2 Å². The van der Waals surface area contributed by atoms with E-state index >= 15 is 0 Å². The average molecular weight is 557 g/mol. The number of aliphatic carboxylic acids is 1. The number of carbonyl (C=O) groups is 1. The maximum Gasteiger partial charge on any atom is 0.490 e. The van der Waals surface area contributed by atoms with E-state index in [4.69, 9.17) is 15.6 Å². The summed E-state index contributed by atoms with van der Waals surface area (Å²) < 4.78 is 31.7. The maximum absolute atomic E-state index is 10.6. The summed E-state index contributed by atoms with van der Waals surface area (Å²) in [6.07, 6.45) is -0.887. The van der Waals surface area contributed by atoms with Crippen molar-refractivity contribution in [2.45, 2.75) is 25.6 Å². The summed E-state index contributed by atoms with van der Waals surface area (Å²) in [5.74, 6) is -2.05. The Labute approximate surface area is 224 Å². The zero-order valence-corrected chi connectivity index (χ0v) is 21.3. The lowest BCUT2D eigenvalue weighted by atomic mass is 10.00. The lowest BCUT2D eigenvalue weighted by molar-refractivity contribution is -0.192. The number of anilines is 1. The number of hydrogen-bond donors (Lipinski definition) is 4. The fraction of sp³-hybridized carbons (Fsp3) is 0.200. The van der Waals surface area contributed by atoms with E-state index in [0.29, 0.717) is 18.8 Å². The van der Waals surface area contributed by atoms with Crippen LogP contribution in [0, 0.1) is 6.92 Å². The fourth-order valence-electron chi connectivity index (χ4n) is 3.61. The quantitative estimate of drug-likeness (QED) is 0.227. The minimum atomic E-state index is -5.08. The van der Waals surface area contributed by atoms with E-state index in [2.05, 4.69) is 47.8 Å². The van der Waals surface area contributed by atoms with E-state index in [1.165, 1.54) is 11.3 Å². The van der Waals surface area contributed by atoms with E-state index in [1.54, 1.807) is 12.4 Å². The van der Waals surface area contributed by atoms with Crippen LogP contribution >= 0.6 is 11.3 Å². The van der Waals surface area contributed by atoms with Crippen LogP contribution in [0.1, 0.15) is 11.3 Å². The number of halogens is 3. The van der Waals surface area contributed by atoms with Crippen LogP contribution in [0.25, 0.3) is 32.9 Å². The predicted octanol–water partition coefficient (Wildman–Crippen LogP) is 4.46. The highest BCUT2D eigenvalue weighted by atomic mass is 32.1. The van der Waals surface area contributed by atoms with Gasteiger partial charge < -0.3 is 16.2 Å². The molecule has 14 heteroatoms. The van der Waals surface area contributed by atoms with Gasteiger partial charge in [-0.2, -0.15) is 18.3 Å². The number of carboxylic acid groups (broad SMARTS) is 1. The molecule has 0 aliphatic rings. The van der Waals surface area contributed by atoms with Crippen molar-refractivity contribution in [2.75, 3.05) is 11.9 Å². The molecule has 5 aromatic rings. The molecule has 5 N–H and O–H groups in total. The number of aryl methyl sites for hydroxylation is 1. The smallest absolute Gasteiger partial charge is 0.475 e. The number of rotatable bonds is 7. The molecule has 0 aliphatic carbocycles. The van der Waals surface area contributed by atoms with Crippen molar-refractivity contribution < 1.29 is 23.1 Å². The highest BCUT2D eigenvalue weighted by Gasteiger charge is 2.38. The monoisotopic (exact) mass is 556 g/mol. The molecule has 0 aliphatic heterocycles. The van der Waals surface area contributed by atoms with Gasteiger partial charge in [0, 0.05) is 47.2 Å². The molecule has 0 amide bonds. The SMILES string of the molecule is Cc1[nH]nc2ccc(-c3nnc(NC[C@@H](N)Cc4ccccc4-c4ncccn4)s3)cc12.O=C(O)C(F)(F)F. The van der Waals surface area contributed by atoms with Crippen LogP contribution in [0.3, 0.4) is 0 Å². The molecule has 0 unspecified atom stereocenters. The van der Waals surface area contributed by atoms with Gasteiger partial charge in [-0.15, -0.1) is 10.2 Å². The van der Waals surface area contributed by atoms with Crippen LogP contribution in [-0.2, 0) is 11.2 Å². The summed E-state index contributed by atoms with van der Waals surface area (Å²) in [7, 11) is 0.